The summed E-state index contributed by atoms with van der Waals surface area (Å²) in [5.74, 6) is 0.679. The molecule has 2 nitrogen and oxygen atoms in total. The lowest BCUT2D eigenvalue weighted by Gasteiger charge is -2.12. The van der Waals surface area contributed by atoms with Gasteiger partial charge in [0, 0.05) is 15.4 Å². The van der Waals surface area contributed by atoms with Crippen LogP contribution in [0, 0.1) is 5.92 Å². The van der Waals surface area contributed by atoms with E-state index >= 15 is 0 Å². The zero-order valence-electron chi connectivity index (χ0n) is 9.40. The lowest BCUT2D eigenvalue weighted by atomic mass is 10.1. The molecule has 0 bridgehead atoms. The summed E-state index contributed by atoms with van der Waals surface area (Å²) in [4.78, 5) is 4.51. The second kappa shape index (κ2) is 5.23. The van der Waals surface area contributed by atoms with Crippen molar-refractivity contribution in [1.82, 2.24) is 0 Å². The molecule has 0 spiro atoms. The summed E-state index contributed by atoms with van der Waals surface area (Å²) in [5, 5.41) is 5.01. The van der Waals surface area contributed by atoms with Crippen molar-refractivity contribution in [3.8, 4) is 0 Å². The number of aliphatic imine (C=N–C) groups is 1. The highest BCUT2D eigenvalue weighted by Gasteiger charge is 2.22. The smallest absolute Gasteiger partial charge is 0.161 e. The fourth-order valence-electron chi connectivity index (χ4n) is 1.46. The van der Waals surface area contributed by atoms with Crippen molar-refractivity contribution in [3.63, 3.8) is 0 Å². The second-order valence-electron chi connectivity index (χ2n) is 4.18. The summed E-state index contributed by atoms with van der Waals surface area (Å²) in [6.07, 6.45) is 0. The first-order valence-corrected chi connectivity index (χ1v) is 7.06. The third-order valence-corrected chi connectivity index (χ3v) is 4.50. The molecule has 0 saturated carbocycles. The Kier molecular flexibility index (Phi) is 3.92. The molecule has 0 saturated heterocycles. The first-order chi connectivity index (χ1) is 7.65. The fourth-order valence-corrected chi connectivity index (χ4v) is 2.76. The summed E-state index contributed by atoms with van der Waals surface area (Å²) in [6.45, 7) is 5.42. The molecule has 1 aliphatic heterocycles. The molecular weight excluding hydrogens is 284 g/mol. The predicted molar refractivity (Wildman–Crippen MR) is 76.3 cm³/mol. The number of thioether (sulfide) groups is 1. The monoisotopic (exact) mass is 298 g/mol. The van der Waals surface area contributed by atoms with Crippen LogP contribution in [0.25, 0.3) is 0 Å². The molecule has 0 radical (unpaired) electrons. The van der Waals surface area contributed by atoms with Crippen LogP contribution in [0.1, 0.15) is 13.8 Å². The Labute approximate surface area is 109 Å². The van der Waals surface area contributed by atoms with E-state index in [2.05, 4.69) is 52.2 Å². The molecule has 2 rings (SSSR count). The van der Waals surface area contributed by atoms with Crippen molar-refractivity contribution in [1.29, 1.82) is 0 Å². The molecular formula is C12H15BrN2S. The van der Waals surface area contributed by atoms with E-state index < -0.39 is 0 Å². The van der Waals surface area contributed by atoms with Crippen molar-refractivity contribution in [3.05, 3.63) is 28.7 Å². The third-order valence-electron chi connectivity index (χ3n) is 2.52. The van der Waals surface area contributed by atoms with Gasteiger partial charge in [0.05, 0.1) is 6.54 Å². The van der Waals surface area contributed by atoms with Crippen LogP contribution in [0.2, 0.25) is 0 Å². The second-order valence-corrected chi connectivity index (χ2v) is 6.32. The maximum absolute atomic E-state index is 4.51. The van der Waals surface area contributed by atoms with Gasteiger partial charge in [0.1, 0.15) is 0 Å². The number of amidine groups is 1. The first kappa shape index (κ1) is 12.0. The van der Waals surface area contributed by atoms with Crippen molar-refractivity contribution >= 4 is 38.5 Å². The topological polar surface area (TPSA) is 24.4 Å². The van der Waals surface area contributed by atoms with Gasteiger partial charge in [-0.3, -0.25) is 4.99 Å². The molecule has 0 fully saturated rings. The number of nitrogens with zero attached hydrogens (tertiary/aromatic N) is 1. The molecule has 1 heterocycles. The van der Waals surface area contributed by atoms with Gasteiger partial charge in [0.25, 0.3) is 0 Å². The molecule has 4 heteroatoms. The average molecular weight is 299 g/mol. The van der Waals surface area contributed by atoms with Crippen molar-refractivity contribution < 1.29 is 0 Å². The maximum atomic E-state index is 4.51. The molecule has 0 aliphatic carbocycles. The van der Waals surface area contributed by atoms with Gasteiger partial charge < -0.3 is 5.32 Å². The molecule has 16 heavy (non-hydrogen) atoms. The van der Waals surface area contributed by atoms with Crippen LogP contribution in [0.5, 0.6) is 0 Å². The van der Waals surface area contributed by atoms with Crippen LogP contribution in [0.3, 0.4) is 0 Å². The summed E-state index contributed by atoms with van der Waals surface area (Å²) < 4.78 is 1.10. The van der Waals surface area contributed by atoms with Gasteiger partial charge in [0.2, 0.25) is 0 Å². The Balaban J connectivity index is 1.94. The number of halogens is 1. The van der Waals surface area contributed by atoms with E-state index in [-0.39, 0.29) is 0 Å². The Hall–Kier alpha value is -0.480. The van der Waals surface area contributed by atoms with Gasteiger partial charge in [0.15, 0.2) is 5.17 Å². The van der Waals surface area contributed by atoms with Crippen molar-refractivity contribution in [2.24, 2.45) is 10.9 Å². The quantitative estimate of drug-likeness (QED) is 0.893. The maximum Gasteiger partial charge on any atom is 0.161 e. The van der Waals surface area contributed by atoms with Gasteiger partial charge in [-0.05, 0) is 30.2 Å². The average Bonchev–Trinajstić information content (AvgIpc) is 2.70. The number of anilines is 1. The minimum absolute atomic E-state index is 0.623. The zero-order chi connectivity index (χ0) is 11.5. The summed E-state index contributed by atoms with van der Waals surface area (Å²) in [6, 6.07) is 8.16. The van der Waals surface area contributed by atoms with E-state index in [9.17, 15) is 0 Å². The number of rotatable bonds is 2. The Morgan fingerprint density at radius 1 is 1.38 bits per heavy atom. The molecule has 0 amide bonds. The molecule has 0 aromatic heterocycles. The van der Waals surface area contributed by atoms with Gasteiger partial charge in [-0.15, -0.1) is 0 Å². The molecule has 1 atom stereocenters. The summed E-state index contributed by atoms with van der Waals surface area (Å²) in [5.41, 5.74) is 1.10. The standard InChI is InChI=1S/C12H15BrN2S/c1-8(2)11-7-14-12(16-11)15-10-5-3-9(13)4-6-10/h3-6,8,11H,7H2,1-2H3,(H,14,15). The van der Waals surface area contributed by atoms with E-state index in [0.717, 1.165) is 21.9 Å². The summed E-state index contributed by atoms with van der Waals surface area (Å²) >= 11 is 5.27. The predicted octanol–water partition coefficient (Wildman–Crippen LogP) is 3.99. The van der Waals surface area contributed by atoms with Gasteiger partial charge in [-0.1, -0.05) is 41.5 Å². The van der Waals surface area contributed by atoms with Crippen molar-refractivity contribution in [2.45, 2.75) is 19.1 Å². The normalized spacial score (nSPS) is 20.0. The molecule has 86 valence electrons. The SMILES string of the molecule is CC(C)C1CN=C(Nc2ccc(Br)cc2)S1. The number of nitrogens with one attached hydrogen (secondary N) is 1. The Bertz CT molecular complexity index is 387. The van der Waals surface area contributed by atoms with E-state index in [1.54, 1.807) is 0 Å². The van der Waals surface area contributed by atoms with E-state index in [1.165, 1.54) is 0 Å². The van der Waals surface area contributed by atoms with Gasteiger partial charge in [-0.25, -0.2) is 0 Å². The largest absolute Gasteiger partial charge is 0.335 e. The lowest BCUT2D eigenvalue weighted by molar-refractivity contribution is 0.621. The zero-order valence-corrected chi connectivity index (χ0v) is 11.8. The van der Waals surface area contributed by atoms with E-state index in [0.29, 0.717) is 11.2 Å². The number of benzene rings is 1. The highest BCUT2D eigenvalue weighted by Crippen LogP contribution is 2.28. The summed E-state index contributed by atoms with van der Waals surface area (Å²) in [7, 11) is 0. The van der Waals surface area contributed by atoms with E-state index in [1.807, 2.05) is 23.9 Å². The van der Waals surface area contributed by atoms with Crippen LogP contribution >= 0.6 is 27.7 Å². The molecule has 1 aromatic rings. The first-order valence-electron chi connectivity index (χ1n) is 5.39. The molecule has 1 unspecified atom stereocenters. The van der Waals surface area contributed by atoms with Gasteiger partial charge >= 0.3 is 0 Å². The van der Waals surface area contributed by atoms with Crippen LogP contribution in [-0.2, 0) is 0 Å². The van der Waals surface area contributed by atoms with Crippen LogP contribution in [0.15, 0.2) is 33.7 Å². The lowest BCUT2D eigenvalue weighted by Crippen LogP contribution is -2.13. The Morgan fingerprint density at radius 2 is 2.06 bits per heavy atom. The minimum Gasteiger partial charge on any atom is -0.335 e. The van der Waals surface area contributed by atoms with Crippen LogP contribution in [-0.4, -0.2) is 17.0 Å². The number of hydrogen-bond acceptors (Lipinski definition) is 3. The van der Waals surface area contributed by atoms with Crippen LogP contribution < -0.4 is 5.32 Å². The van der Waals surface area contributed by atoms with E-state index in [4.69, 9.17) is 0 Å². The molecule has 1 aliphatic rings. The van der Waals surface area contributed by atoms with Gasteiger partial charge in [-0.2, -0.15) is 0 Å². The molecule has 1 aromatic carbocycles. The number of hydrogen-bond donors (Lipinski definition) is 1. The van der Waals surface area contributed by atoms with Crippen LogP contribution in [0.4, 0.5) is 5.69 Å². The highest BCUT2D eigenvalue weighted by atomic mass is 79.9. The minimum atomic E-state index is 0.623. The fraction of sp³-hybridized carbons (Fsp3) is 0.417. The third kappa shape index (κ3) is 3.01. The molecule has 1 N–H and O–H groups in total. The highest BCUT2D eigenvalue weighted by molar-refractivity contribution is 9.10. The van der Waals surface area contributed by atoms with Crippen molar-refractivity contribution in [2.75, 3.05) is 11.9 Å². The Morgan fingerprint density at radius 3 is 2.62 bits per heavy atom.